The van der Waals surface area contributed by atoms with Gasteiger partial charge in [0, 0.05) is 13.0 Å². The summed E-state index contributed by atoms with van der Waals surface area (Å²) in [5.74, 6) is -0.230. The summed E-state index contributed by atoms with van der Waals surface area (Å²) in [6, 6.07) is 9.63. The fourth-order valence-electron chi connectivity index (χ4n) is 1.86. The van der Waals surface area contributed by atoms with Crippen LogP contribution in [0.1, 0.15) is 18.9 Å². The van der Waals surface area contributed by atoms with Gasteiger partial charge < -0.3 is 15.4 Å². The molecule has 0 radical (unpaired) electrons. The lowest BCUT2D eigenvalue weighted by Crippen LogP contribution is -2.43. The Morgan fingerprint density at radius 2 is 2.17 bits per heavy atom. The van der Waals surface area contributed by atoms with E-state index in [1.165, 1.54) is 0 Å². The van der Waals surface area contributed by atoms with E-state index in [9.17, 15) is 4.79 Å². The van der Waals surface area contributed by atoms with Crippen LogP contribution in [0.3, 0.4) is 0 Å². The first-order valence-electron chi connectivity index (χ1n) is 5.94. The Morgan fingerprint density at radius 1 is 1.44 bits per heavy atom. The highest BCUT2D eigenvalue weighted by atomic mass is 32.1. The number of hydrogen-bond acceptors (Lipinski definition) is 3. The molecule has 1 fully saturated rings. The third-order valence-corrected chi connectivity index (χ3v) is 3.03. The van der Waals surface area contributed by atoms with E-state index in [0.717, 1.165) is 5.56 Å². The van der Waals surface area contributed by atoms with E-state index in [0.29, 0.717) is 18.1 Å². The van der Waals surface area contributed by atoms with Crippen molar-refractivity contribution in [1.29, 1.82) is 0 Å². The molecule has 0 amide bonds. The minimum atomic E-state index is -0.323. The quantitative estimate of drug-likeness (QED) is 0.637. The van der Waals surface area contributed by atoms with E-state index < -0.39 is 0 Å². The molecule has 0 aromatic heterocycles. The van der Waals surface area contributed by atoms with Gasteiger partial charge in [-0.3, -0.25) is 0 Å². The van der Waals surface area contributed by atoms with Crippen molar-refractivity contribution in [3.63, 3.8) is 0 Å². The van der Waals surface area contributed by atoms with Crippen molar-refractivity contribution in [2.75, 3.05) is 0 Å². The number of nitrogens with one attached hydrogen (secondary N) is 2. The molecule has 0 spiro atoms. The second-order valence-electron chi connectivity index (χ2n) is 4.35. The number of thiocarbonyl (C=S) groups is 1. The van der Waals surface area contributed by atoms with E-state index in [4.69, 9.17) is 17.0 Å². The molecule has 18 heavy (non-hydrogen) atoms. The smallest absolute Gasteiger partial charge is 0.329 e. The monoisotopic (exact) mass is 264 g/mol. The van der Waals surface area contributed by atoms with Crippen LogP contribution in [0.2, 0.25) is 0 Å². The molecule has 0 aliphatic carbocycles. The number of benzene rings is 1. The second-order valence-corrected chi connectivity index (χ2v) is 4.76. The van der Waals surface area contributed by atoms with Gasteiger partial charge in [0.2, 0.25) is 0 Å². The number of esters is 1. The molecule has 2 rings (SSSR count). The van der Waals surface area contributed by atoms with Gasteiger partial charge in [0.15, 0.2) is 5.11 Å². The lowest BCUT2D eigenvalue weighted by atomic mass is 10.2. The summed E-state index contributed by atoms with van der Waals surface area (Å²) in [6.45, 7) is 2.52. The van der Waals surface area contributed by atoms with Gasteiger partial charge >= 0.3 is 5.97 Å². The molecule has 1 heterocycles. The van der Waals surface area contributed by atoms with E-state index in [1.54, 1.807) is 0 Å². The van der Waals surface area contributed by atoms with Gasteiger partial charge in [0.05, 0.1) is 0 Å². The summed E-state index contributed by atoms with van der Waals surface area (Å²) < 4.78 is 5.05. The molecule has 0 unspecified atom stereocenters. The first kappa shape index (κ1) is 12.8. The number of carbonyl (C=O) groups is 1. The lowest BCUT2D eigenvalue weighted by Gasteiger charge is -2.13. The van der Waals surface area contributed by atoms with E-state index in [-0.39, 0.29) is 18.1 Å². The summed E-state index contributed by atoms with van der Waals surface area (Å²) >= 11 is 5.15. The predicted molar refractivity (Wildman–Crippen MR) is 73.0 cm³/mol. The molecule has 2 N–H and O–H groups in total. The molecule has 4 nitrogen and oxygen atoms in total. The molecule has 96 valence electrons. The fourth-order valence-corrected chi connectivity index (χ4v) is 2.08. The van der Waals surface area contributed by atoms with Crippen LogP contribution in [0.4, 0.5) is 0 Å². The van der Waals surface area contributed by atoms with Crippen molar-refractivity contribution in [2.45, 2.75) is 32.0 Å². The minimum absolute atomic E-state index is 0.0353. The van der Waals surface area contributed by atoms with Gasteiger partial charge in [-0.25, -0.2) is 4.79 Å². The van der Waals surface area contributed by atoms with Crippen LogP contribution in [0.25, 0.3) is 0 Å². The molecule has 1 aliphatic rings. The fraction of sp³-hybridized carbons (Fsp3) is 0.385. The SMILES string of the molecule is C[C@H]1C[C@H](NC(=S)NCc2ccccc2)C(=O)O1. The van der Waals surface area contributed by atoms with Crippen LogP contribution >= 0.6 is 12.2 Å². The average Bonchev–Trinajstić information content (AvgIpc) is 2.67. The minimum Gasteiger partial charge on any atom is -0.461 e. The Balaban J connectivity index is 1.77. The van der Waals surface area contributed by atoms with Crippen molar-refractivity contribution >= 4 is 23.3 Å². The van der Waals surface area contributed by atoms with Crippen LogP contribution in [0.5, 0.6) is 0 Å². The van der Waals surface area contributed by atoms with E-state index in [2.05, 4.69) is 10.6 Å². The zero-order valence-electron chi connectivity index (χ0n) is 10.2. The highest BCUT2D eigenvalue weighted by molar-refractivity contribution is 7.80. The van der Waals surface area contributed by atoms with Crippen LogP contribution in [-0.2, 0) is 16.1 Å². The largest absolute Gasteiger partial charge is 0.461 e. The maximum atomic E-state index is 11.4. The number of rotatable bonds is 3. The normalized spacial score (nSPS) is 22.4. The van der Waals surface area contributed by atoms with E-state index in [1.807, 2.05) is 37.3 Å². The summed E-state index contributed by atoms with van der Waals surface area (Å²) in [4.78, 5) is 11.4. The van der Waals surface area contributed by atoms with Gasteiger partial charge in [-0.2, -0.15) is 0 Å². The summed E-state index contributed by atoms with van der Waals surface area (Å²) in [5, 5.41) is 6.53. The molecule has 0 bridgehead atoms. The van der Waals surface area contributed by atoms with Crippen molar-refractivity contribution in [3.8, 4) is 0 Å². The van der Waals surface area contributed by atoms with Gasteiger partial charge in [-0.1, -0.05) is 30.3 Å². The molecule has 1 aliphatic heterocycles. The molecular weight excluding hydrogens is 248 g/mol. The highest BCUT2D eigenvalue weighted by Crippen LogP contribution is 2.13. The van der Waals surface area contributed by atoms with Crippen molar-refractivity contribution in [1.82, 2.24) is 10.6 Å². The van der Waals surface area contributed by atoms with Gasteiger partial charge in [-0.05, 0) is 24.7 Å². The maximum Gasteiger partial charge on any atom is 0.329 e. The van der Waals surface area contributed by atoms with Crippen molar-refractivity contribution < 1.29 is 9.53 Å². The van der Waals surface area contributed by atoms with Crippen LogP contribution in [-0.4, -0.2) is 23.2 Å². The van der Waals surface area contributed by atoms with Crippen molar-refractivity contribution in [2.24, 2.45) is 0 Å². The Morgan fingerprint density at radius 3 is 2.78 bits per heavy atom. The first-order chi connectivity index (χ1) is 8.65. The average molecular weight is 264 g/mol. The van der Waals surface area contributed by atoms with E-state index >= 15 is 0 Å². The van der Waals surface area contributed by atoms with Gasteiger partial charge in [0.1, 0.15) is 12.1 Å². The van der Waals surface area contributed by atoms with Gasteiger partial charge in [-0.15, -0.1) is 0 Å². The Labute approximate surface area is 112 Å². The number of ether oxygens (including phenoxy) is 1. The number of cyclic esters (lactones) is 1. The number of carbonyl (C=O) groups excluding carboxylic acids is 1. The zero-order chi connectivity index (χ0) is 13.0. The summed E-state index contributed by atoms with van der Waals surface area (Å²) in [6.07, 6.45) is 0.623. The molecule has 5 heteroatoms. The molecule has 1 aromatic rings. The summed E-state index contributed by atoms with van der Waals surface area (Å²) in [5.41, 5.74) is 1.14. The molecule has 1 aromatic carbocycles. The Hall–Kier alpha value is -1.62. The third kappa shape index (κ3) is 3.43. The third-order valence-electron chi connectivity index (χ3n) is 2.77. The first-order valence-corrected chi connectivity index (χ1v) is 6.35. The van der Waals surface area contributed by atoms with Crippen LogP contribution in [0.15, 0.2) is 30.3 Å². The molecule has 1 saturated heterocycles. The standard InChI is InChI=1S/C13H16N2O2S/c1-9-7-11(12(16)17-9)15-13(18)14-8-10-5-3-2-4-6-10/h2-6,9,11H,7-8H2,1H3,(H2,14,15,18)/t9-,11-/m0/s1. The van der Waals surface area contributed by atoms with Crippen molar-refractivity contribution in [3.05, 3.63) is 35.9 Å². The van der Waals surface area contributed by atoms with Crippen LogP contribution in [0, 0.1) is 0 Å². The van der Waals surface area contributed by atoms with Crippen LogP contribution < -0.4 is 10.6 Å². The topological polar surface area (TPSA) is 50.4 Å². The van der Waals surface area contributed by atoms with Gasteiger partial charge in [0.25, 0.3) is 0 Å². The second kappa shape index (κ2) is 5.82. The highest BCUT2D eigenvalue weighted by Gasteiger charge is 2.32. The predicted octanol–water partition coefficient (Wildman–Crippen LogP) is 1.35. The Bertz CT molecular complexity index is 436. The Kier molecular flexibility index (Phi) is 4.15. The lowest BCUT2D eigenvalue weighted by molar-refractivity contribution is -0.142. The zero-order valence-corrected chi connectivity index (χ0v) is 11.0. The summed E-state index contributed by atoms with van der Waals surface area (Å²) in [7, 11) is 0. The molecule has 0 saturated carbocycles. The molecule has 2 atom stereocenters. The molecular formula is C13H16N2O2S. The maximum absolute atomic E-state index is 11.4. The number of hydrogen-bond donors (Lipinski definition) is 2.